The lowest BCUT2D eigenvalue weighted by Gasteiger charge is -2.04. The highest BCUT2D eigenvalue weighted by atomic mass is 35.5. The Bertz CT molecular complexity index is 634. The molecule has 0 atom stereocenters. The Hall–Kier alpha value is -2.21. The fourth-order valence-electron chi connectivity index (χ4n) is 1.48. The van der Waals surface area contributed by atoms with Gasteiger partial charge in [0, 0.05) is 16.7 Å². The zero-order chi connectivity index (χ0) is 13.3. The highest BCUT2D eigenvalue weighted by Crippen LogP contribution is 2.27. The maximum atomic E-state index is 13.7. The number of rotatable bonds is 2. The summed E-state index contributed by atoms with van der Waals surface area (Å²) < 4.78 is 13.7. The molecule has 18 heavy (non-hydrogen) atoms. The van der Waals surface area contributed by atoms with Crippen LogP contribution >= 0.6 is 11.6 Å². The standard InChI is InChI=1S/C11H7ClFN3O2/c12-6-1-2-8(9(13)3-6)10-4-7(16(17)18)5-11(14)15-10/h1-5H,(H2,14,15). The van der Waals surface area contributed by atoms with E-state index in [1.807, 2.05) is 0 Å². The second-order valence-corrected chi connectivity index (χ2v) is 3.95. The Morgan fingerprint density at radius 2 is 2.06 bits per heavy atom. The van der Waals surface area contributed by atoms with Crippen LogP contribution in [-0.2, 0) is 0 Å². The Balaban J connectivity index is 2.60. The minimum Gasteiger partial charge on any atom is -0.383 e. The van der Waals surface area contributed by atoms with Crippen LogP contribution in [-0.4, -0.2) is 9.91 Å². The van der Waals surface area contributed by atoms with Crippen molar-refractivity contribution in [1.82, 2.24) is 4.98 Å². The largest absolute Gasteiger partial charge is 0.383 e. The number of nitrogens with zero attached hydrogens (tertiary/aromatic N) is 2. The monoisotopic (exact) mass is 267 g/mol. The van der Waals surface area contributed by atoms with Crippen molar-refractivity contribution < 1.29 is 9.31 Å². The summed E-state index contributed by atoms with van der Waals surface area (Å²) in [4.78, 5) is 13.9. The highest BCUT2D eigenvalue weighted by molar-refractivity contribution is 6.30. The van der Waals surface area contributed by atoms with Crippen molar-refractivity contribution in [1.29, 1.82) is 0 Å². The van der Waals surface area contributed by atoms with Gasteiger partial charge >= 0.3 is 0 Å². The number of pyridine rings is 1. The molecule has 1 aromatic heterocycles. The number of hydrogen-bond acceptors (Lipinski definition) is 4. The average molecular weight is 268 g/mol. The molecule has 1 aromatic carbocycles. The van der Waals surface area contributed by atoms with Crippen molar-refractivity contribution >= 4 is 23.1 Å². The zero-order valence-electron chi connectivity index (χ0n) is 8.93. The van der Waals surface area contributed by atoms with Gasteiger partial charge in [0.2, 0.25) is 0 Å². The Morgan fingerprint density at radius 3 is 2.67 bits per heavy atom. The second-order valence-electron chi connectivity index (χ2n) is 3.52. The van der Waals surface area contributed by atoms with Crippen LogP contribution < -0.4 is 5.73 Å². The van der Waals surface area contributed by atoms with E-state index in [0.29, 0.717) is 0 Å². The highest BCUT2D eigenvalue weighted by Gasteiger charge is 2.14. The van der Waals surface area contributed by atoms with E-state index in [1.165, 1.54) is 12.1 Å². The fraction of sp³-hybridized carbons (Fsp3) is 0. The van der Waals surface area contributed by atoms with Crippen molar-refractivity contribution in [2.24, 2.45) is 0 Å². The normalized spacial score (nSPS) is 10.3. The number of nitrogen functional groups attached to an aromatic ring is 1. The lowest BCUT2D eigenvalue weighted by atomic mass is 10.1. The van der Waals surface area contributed by atoms with Crippen molar-refractivity contribution in [3.63, 3.8) is 0 Å². The molecule has 0 radical (unpaired) electrons. The molecule has 0 aliphatic rings. The molecule has 0 saturated heterocycles. The quantitative estimate of drug-likeness (QED) is 0.670. The molecule has 7 heteroatoms. The molecule has 0 saturated carbocycles. The fourth-order valence-corrected chi connectivity index (χ4v) is 1.64. The summed E-state index contributed by atoms with van der Waals surface area (Å²) in [6.07, 6.45) is 0. The van der Waals surface area contributed by atoms with Crippen LogP contribution in [0, 0.1) is 15.9 Å². The van der Waals surface area contributed by atoms with E-state index < -0.39 is 10.7 Å². The summed E-state index contributed by atoms with van der Waals surface area (Å²) in [5.74, 6) is -0.663. The number of benzene rings is 1. The third-order valence-electron chi connectivity index (χ3n) is 2.25. The summed E-state index contributed by atoms with van der Waals surface area (Å²) in [7, 11) is 0. The first kappa shape index (κ1) is 12.3. The van der Waals surface area contributed by atoms with Crippen LogP contribution in [0.2, 0.25) is 5.02 Å². The van der Waals surface area contributed by atoms with Gasteiger partial charge in [-0.1, -0.05) is 11.6 Å². The van der Waals surface area contributed by atoms with Crippen LogP contribution in [0.3, 0.4) is 0 Å². The molecule has 0 bridgehead atoms. The van der Waals surface area contributed by atoms with Gasteiger partial charge in [0.25, 0.3) is 5.69 Å². The molecule has 0 aliphatic heterocycles. The predicted octanol–water partition coefficient (Wildman–Crippen LogP) is 3.03. The number of aromatic nitrogens is 1. The summed E-state index contributed by atoms with van der Waals surface area (Å²) in [5.41, 5.74) is 5.41. The summed E-state index contributed by atoms with van der Waals surface area (Å²) >= 11 is 5.62. The second kappa shape index (κ2) is 4.58. The van der Waals surface area contributed by atoms with Crippen molar-refractivity contribution in [3.05, 3.63) is 51.3 Å². The number of nitro groups is 1. The molecule has 2 rings (SSSR count). The first-order valence-electron chi connectivity index (χ1n) is 4.85. The Kier molecular flexibility index (Phi) is 3.12. The molecule has 2 N–H and O–H groups in total. The number of anilines is 1. The van der Waals surface area contributed by atoms with E-state index in [4.69, 9.17) is 17.3 Å². The van der Waals surface area contributed by atoms with Gasteiger partial charge in [-0.15, -0.1) is 0 Å². The topological polar surface area (TPSA) is 82.0 Å². The third kappa shape index (κ3) is 2.38. The van der Waals surface area contributed by atoms with Crippen LogP contribution in [0.15, 0.2) is 30.3 Å². The van der Waals surface area contributed by atoms with Gasteiger partial charge in [-0.3, -0.25) is 10.1 Å². The zero-order valence-corrected chi connectivity index (χ0v) is 9.69. The minimum absolute atomic E-state index is 0.0476. The third-order valence-corrected chi connectivity index (χ3v) is 2.48. The predicted molar refractivity (Wildman–Crippen MR) is 65.7 cm³/mol. The van der Waals surface area contributed by atoms with Crippen molar-refractivity contribution in [3.8, 4) is 11.3 Å². The molecule has 2 aromatic rings. The summed E-state index contributed by atoms with van der Waals surface area (Å²) in [5, 5.41) is 10.9. The van der Waals surface area contributed by atoms with Gasteiger partial charge in [-0.2, -0.15) is 0 Å². The van der Waals surface area contributed by atoms with Gasteiger partial charge in [0.1, 0.15) is 11.6 Å². The van der Waals surface area contributed by atoms with Gasteiger partial charge < -0.3 is 5.73 Å². The maximum Gasteiger partial charge on any atom is 0.275 e. The molecular weight excluding hydrogens is 261 g/mol. The smallest absolute Gasteiger partial charge is 0.275 e. The van der Waals surface area contributed by atoms with Crippen LogP contribution in [0.1, 0.15) is 0 Å². The van der Waals surface area contributed by atoms with Gasteiger partial charge in [-0.25, -0.2) is 9.37 Å². The Labute approximate surface area is 106 Å². The lowest BCUT2D eigenvalue weighted by Crippen LogP contribution is -1.97. The van der Waals surface area contributed by atoms with E-state index in [0.717, 1.165) is 18.2 Å². The molecule has 92 valence electrons. The first-order valence-corrected chi connectivity index (χ1v) is 5.22. The van der Waals surface area contributed by atoms with Crippen LogP contribution in [0.5, 0.6) is 0 Å². The summed E-state index contributed by atoms with van der Waals surface area (Å²) in [6, 6.07) is 6.23. The molecule has 0 amide bonds. The number of nitrogens with two attached hydrogens (primary N) is 1. The minimum atomic E-state index is -0.616. The first-order chi connectivity index (χ1) is 8.47. The van der Waals surface area contributed by atoms with E-state index in [9.17, 15) is 14.5 Å². The molecule has 0 aliphatic carbocycles. The molecule has 0 fully saturated rings. The van der Waals surface area contributed by atoms with E-state index in [1.54, 1.807) is 0 Å². The van der Waals surface area contributed by atoms with Gasteiger partial charge in [0.05, 0.1) is 16.7 Å². The number of hydrogen-bond donors (Lipinski definition) is 1. The molecule has 0 spiro atoms. The molecule has 5 nitrogen and oxygen atoms in total. The molecular formula is C11H7ClFN3O2. The number of halogens is 2. The Morgan fingerprint density at radius 1 is 1.33 bits per heavy atom. The van der Waals surface area contributed by atoms with E-state index in [2.05, 4.69) is 4.98 Å². The molecule has 1 heterocycles. The average Bonchev–Trinajstić information content (AvgIpc) is 2.27. The van der Waals surface area contributed by atoms with Gasteiger partial charge in [0.15, 0.2) is 0 Å². The molecule has 0 unspecified atom stereocenters. The lowest BCUT2D eigenvalue weighted by molar-refractivity contribution is -0.384. The summed E-state index contributed by atoms with van der Waals surface area (Å²) in [6.45, 7) is 0. The van der Waals surface area contributed by atoms with Gasteiger partial charge in [-0.05, 0) is 18.2 Å². The van der Waals surface area contributed by atoms with Crippen LogP contribution in [0.4, 0.5) is 15.9 Å². The maximum absolute atomic E-state index is 13.7. The van der Waals surface area contributed by atoms with Crippen molar-refractivity contribution in [2.75, 3.05) is 5.73 Å². The van der Waals surface area contributed by atoms with Crippen LogP contribution in [0.25, 0.3) is 11.3 Å². The van der Waals surface area contributed by atoms with Crippen molar-refractivity contribution in [2.45, 2.75) is 0 Å². The SMILES string of the molecule is Nc1cc([N+](=O)[O-])cc(-c2ccc(Cl)cc2F)n1. The van der Waals surface area contributed by atoms with E-state index in [-0.39, 0.29) is 27.8 Å². The van der Waals surface area contributed by atoms with E-state index >= 15 is 0 Å².